The second-order valence-corrected chi connectivity index (χ2v) is 7.80. The molecule has 25 heavy (non-hydrogen) atoms. The van der Waals surface area contributed by atoms with Crippen LogP contribution in [0.5, 0.6) is 5.75 Å². The Morgan fingerprint density at radius 2 is 1.68 bits per heavy atom. The van der Waals surface area contributed by atoms with E-state index in [1.165, 1.54) is 6.20 Å². The van der Waals surface area contributed by atoms with Crippen molar-refractivity contribution in [3.63, 3.8) is 0 Å². The largest absolute Gasteiger partial charge is 0.497 e. The number of methoxy groups -OCH3 is 1. The van der Waals surface area contributed by atoms with E-state index in [0.717, 1.165) is 16.1 Å². The number of ether oxygens (including phenoxy) is 1. The van der Waals surface area contributed by atoms with E-state index in [-0.39, 0.29) is 11.7 Å². The SMILES string of the molecule is COc1ccc(C(=O)[C@H]2[C@H](c3ccccc3)C=CN2S(C)(=O)=O)cc1. The number of benzene rings is 2. The van der Waals surface area contributed by atoms with Crippen molar-refractivity contribution in [2.75, 3.05) is 13.4 Å². The Bertz CT molecular complexity index is 889. The quantitative estimate of drug-likeness (QED) is 0.772. The Balaban J connectivity index is 2.01. The summed E-state index contributed by atoms with van der Waals surface area (Å²) in [5, 5.41) is 0. The molecule has 1 aliphatic rings. The molecule has 0 N–H and O–H groups in total. The van der Waals surface area contributed by atoms with Gasteiger partial charge in [-0.25, -0.2) is 8.42 Å². The standard InChI is InChI=1S/C19H19NO4S/c1-24-16-10-8-15(9-11-16)19(21)18-17(14-6-4-3-5-7-14)12-13-20(18)25(2,22)23/h3-13,17-18H,1-2H3/t17-,18+/m0/s1. The Morgan fingerprint density at radius 1 is 1.04 bits per heavy atom. The number of carbonyl (C=O) groups excluding carboxylic acids is 1. The summed E-state index contributed by atoms with van der Waals surface area (Å²) in [5.74, 6) is 0.0677. The lowest BCUT2D eigenvalue weighted by molar-refractivity contribution is 0.0915. The lowest BCUT2D eigenvalue weighted by atomic mass is 9.88. The first-order chi connectivity index (χ1) is 11.9. The van der Waals surface area contributed by atoms with Crippen molar-refractivity contribution in [1.82, 2.24) is 4.31 Å². The van der Waals surface area contributed by atoms with Crippen LogP contribution in [0, 0.1) is 0 Å². The molecular weight excluding hydrogens is 338 g/mol. The number of hydrogen-bond acceptors (Lipinski definition) is 4. The van der Waals surface area contributed by atoms with Crippen molar-refractivity contribution < 1.29 is 17.9 Å². The van der Waals surface area contributed by atoms with Gasteiger partial charge in [-0.3, -0.25) is 9.10 Å². The van der Waals surface area contributed by atoms with Gasteiger partial charge in [0.1, 0.15) is 11.8 Å². The van der Waals surface area contributed by atoms with Gasteiger partial charge in [-0.15, -0.1) is 0 Å². The smallest absolute Gasteiger partial charge is 0.232 e. The first-order valence-corrected chi connectivity index (χ1v) is 9.66. The molecule has 1 aliphatic heterocycles. The van der Waals surface area contributed by atoms with Gasteiger partial charge in [0.25, 0.3) is 0 Å². The molecule has 0 radical (unpaired) electrons. The minimum Gasteiger partial charge on any atom is -0.497 e. The molecule has 0 unspecified atom stereocenters. The molecule has 0 aliphatic carbocycles. The van der Waals surface area contributed by atoms with E-state index in [0.29, 0.717) is 11.3 Å². The highest BCUT2D eigenvalue weighted by Crippen LogP contribution is 2.34. The zero-order valence-corrected chi connectivity index (χ0v) is 14.8. The van der Waals surface area contributed by atoms with Gasteiger partial charge < -0.3 is 4.74 Å². The van der Waals surface area contributed by atoms with Crippen molar-refractivity contribution in [2.24, 2.45) is 0 Å². The maximum Gasteiger partial charge on any atom is 0.232 e. The summed E-state index contributed by atoms with van der Waals surface area (Å²) >= 11 is 0. The van der Waals surface area contributed by atoms with Gasteiger partial charge >= 0.3 is 0 Å². The molecular formula is C19H19NO4S. The Kier molecular flexibility index (Phi) is 4.63. The van der Waals surface area contributed by atoms with Crippen molar-refractivity contribution in [1.29, 1.82) is 0 Å². The summed E-state index contributed by atoms with van der Waals surface area (Å²) in [4.78, 5) is 13.1. The number of nitrogens with zero attached hydrogens (tertiary/aromatic N) is 1. The summed E-state index contributed by atoms with van der Waals surface area (Å²) in [6.45, 7) is 0. The number of Topliss-reactive ketones (excluding diaryl/α,β-unsaturated/α-hetero) is 1. The van der Waals surface area contributed by atoms with Crippen LogP contribution in [0.25, 0.3) is 0 Å². The maximum atomic E-state index is 13.1. The second kappa shape index (κ2) is 6.72. The van der Waals surface area contributed by atoms with Crippen LogP contribution in [0.1, 0.15) is 21.8 Å². The van der Waals surface area contributed by atoms with Gasteiger partial charge in [0, 0.05) is 17.7 Å². The fourth-order valence-electron chi connectivity index (χ4n) is 3.02. The molecule has 130 valence electrons. The molecule has 2 aromatic carbocycles. The van der Waals surface area contributed by atoms with Crippen molar-refractivity contribution >= 4 is 15.8 Å². The van der Waals surface area contributed by atoms with Crippen LogP contribution in [-0.4, -0.2) is 37.9 Å². The fraction of sp³-hybridized carbons (Fsp3) is 0.211. The van der Waals surface area contributed by atoms with Gasteiger partial charge in [-0.2, -0.15) is 0 Å². The van der Waals surface area contributed by atoms with E-state index >= 15 is 0 Å². The third-order valence-electron chi connectivity index (χ3n) is 4.27. The predicted molar refractivity (Wildman–Crippen MR) is 96.1 cm³/mol. The summed E-state index contributed by atoms with van der Waals surface area (Å²) in [6.07, 6.45) is 4.36. The maximum absolute atomic E-state index is 13.1. The van der Waals surface area contributed by atoms with Crippen LogP contribution in [0.2, 0.25) is 0 Å². The summed E-state index contributed by atoms with van der Waals surface area (Å²) in [5.41, 5.74) is 1.35. The molecule has 2 atom stereocenters. The molecule has 0 saturated carbocycles. The van der Waals surface area contributed by atoms with E-state index in [4.69, 9.17) is 4.74 Å². The third kappa shape index (κ3) is 3.44. The number of hydrogen-bond donors (Lipinski definition) is 0. The predicted octanol–water partition coefficient (Wildman–Crippen LogP) is 2.82. The average molecular weight is 357 g/mol. The monoisotopic (exact) mass is 357 g/mol. The van der Waals surface area contributed by atoms with Gasteiger partial charge in [0.15, 0.2) is 5.78 Å². The molecule has 0 fully saturated rings. The highest BCUT2D eigenvalue weighted by Gasteiger charge is 2.40. The average Bonchev–Trinajstić information content (AvgIpc) is 3.07. The molecule has 1 heterocycles. The number of carbonyl (C=O) groups is 1. The second-order valence-electron chi connectivity index (χ2n) is 5.91. The molecule has 3 rings (SSSR count). The topological polar surface area (TPSA) is 63.7 Å². The van der Waals surface area contributed by atoms with Gasteiger partial charge in [0.05, 0.1) is 13.4 Å². The zero-order chi connectivity index (χ0) is 18.0. The Hall–Kier alpha value is -2.60. The van der Waals surface area contributed by atoms with E-state index in [2.05, 4.69) is 0 Å². The molecule has 0 saturated heterocycles. The Labute approximate surface area is 147 Å². The zero-order valence-electron chi connectivity index (χ0n) is 14.0. The summed E-state index contributed by atoms with van der Waals surface area (Å²) in [6, 6.07) is 15.3. The van der Waals surface area contributed by atoms with E-state index in [1.807, 2.05) is 30.3 Å². The van der Waals surface area contributed by atoms with Crippen molar-refractivity contribution in [3.8, 4) is 5.75 Å². The molecule has 6 heteroatoms. The summed E-state index contributed by atoms with van der Waals surface area (Å²) in [7, 11) is -2.01. The van der Waals surface area contributed by atoms with Crippen molar-refractivity contribution in [2.45, 2.75) is 12.0 Å². The first-order valence-electron chi connectivity index (χ1n) is 7.82. The molecule has 0 spiro atoms. The van der Waals surface area contributed by atoms with Gasteiger partial charge in [-0.05, 0) is 29.8 Å². The third-order valence-corrected chi connectivity index (χ3v) is 5.38. The van der Waals surface area contributed by atoms with Gasteiger partial charge in [0.2, 0.25) is 10.0 Å². The van der Waals surface area contributed by atoms with E-state index < -0.39 is 16.1 Å². The van der Waals surface area contributed by atoms with E-state index in [9.17, 15) is 13.2 Å². The fourth-order valence-corrected chi connectivity index (χ4v) is 3.95. The molecule has 0 bridgehead atoms. The minimum absolute atomic E-state index is 0.244. The van der Waals surface area contributed by atoms with Crippen LogP contribution >= 0.6 is 0 Å². The minimum atomic E-state index is -3.56. The number of ketones is 1. The van der Waals surface area contributed by atoms with Crippen LogP contribution in [-0.2, 0) is 10.0 Å². The molecule has 5 nitrogen and oxygen atoms in total. The van der Waals surface area contributed by atoms with Crippen LogP contribution in [0.4, 0.5) is 0 Å². The Morgan fingerprint density at radius 3 is 2.24 bits per heavy atom. The highest BCUT2D eigenvalue weighted by atomic mass is 32.2. The van der Waals surface area contributed by atoms with Crippen LogP contribution in [0.15, 0.2) is 66.9 Å². The van der Waals surface area contributed by atoms with Crippen LogP contribution < -0.4 is 4.74 Å². The van der Waals surface area contributed by atoms with E-state index in [1.54, 1.807) is 37.5 Å². The number of rotatable bonds is 5. The highest BCUT2D eigenvalue weighted by molar-refractivity contribution is 7.88. The first kappa shape index (κ1) is 17.2. The molecule has 0 amide bonds. The lowest BCUT2D eigenvalue weighted by Crippen LogP contribution is -2.41. The van der Waals surface area contributed by atoms with Gasteiger partial charge in [-0.1, -0.05) is 36.4 Å². The molecule has 0 aromatic heterocycles. The molecule has 2 aromatic rings. The number of sulfonamides is 1. The lowest BCUT2D eigenvalue weighted by Gasteiger charge is -2.27. The summed E-state index contributed by atoms with van der Waals surface area (Å²) < 4.78 is 30.6. The van der Waals surface area contributed by atoms with Crippen LogP contribution in [0.3, 0.4) is 0 Å². The normalized spacial score (nSPS) is 19.8. The van der Waals surface area contributed by atoms with Crippen molar-refractivity contribution in [3.05, 3.63) is 78.0 Å².